The summed E-state index contributed by atoms with van der Waals surface area (Å²) in [5, 5.41) is 12.0. The minimum atomic E-state index is -0.763. The minimum Gasteiger partial charge on any atom is -0.491 e. The molecule has 0 spiro atoms. The van der Waals surface area contributed by atoms with E-state index in [9.17, 15) is 4.79 Å². The SMILES string of the molecule is O=C(O)C1CNCC(OCCOc2ccccc2)C1. The first kappa shape index (κ1) is 13.8. The van der Waals surface area contributed by atoms with Gasteiger partial charge in [-0.3, -0.25) is 4.79 Å². The summed E-state index contributed by atoms with van der Waals surface area (Å²) >= 11 is 0. The number of piperidine rings is 1. The van der Waals surface area contributed by atoms with Gasteiger partial charge in [0.15, 0.2) is 0 Å². The smallest absolute Gasteiger partial charge is 0.307 e. The van der Waals surface area contributed by atoms with Crippen LogP contribution in [0.15, 0.2) is 30.3 Å². The highest BCUT2D eigenvalue weighted by Gasteiger charge is 2.26. The van der Waals surface area contributed by atoms with Gasteiger partial charge in [-0.15, -0.1) is 0 Å². The zero-order chi connectivity index (χ0) is 13.5. The van der Waals surface area contributed by atoms with Crippen LogP contribution >= 0.6 is 0 Å². The van der Waals surface area contributed by atoms with Gasteiger partial charge in [-0.1, -0.05) is 18.2 Å². The van der Waals surface area contributed by atoms with Gasteiger partial charge in [-0.2, -0.15) is 0 Å². The van der Waals surface area contributed by atoms with Crippen molar-refractivity contribution in [2.75, 3.05) is 26.3 Å². The van der Waals surface area contributed by atoms with Crippen LogP contribution in [0.25, 0.3) is 0 Å². The third-order valence-corrected chi connectivity index (χ3v) is 3.11. The lowest BCUT2D eigenvalue weighted by Gasteiger charge is -2.27. The zero-order valence-electron chi connectivity index (χ0n) is 10.7. The standard InChI is InChI=1S/C14H19NO4/c16-14(17)11-8-13(10-15-9-11)19-7-6-18-12-4-2-1-3-5-12/h1-5,11,13,15H,6-10H2,(H,16,17). The summed E-state index contributed by atoms with van der Waals surface area (Å²) in [7, 11) is 0. The summed E-state index contributed by atoms with van der Waals surface area (Å²) in [6.45, 7) is 2.16. The van der Waals surface area contributed by atoms with Crippen molar-refractivity contribution >= 4 is 5.97 Å². The molecule has 0 radical (unpaired) electrons. The highest BCUT2D eigenvalue weighted by atomic mass is 16.5. The lowest BCUT2D eigenvalue weighted by atomic mass is 9.98. The molecule has 19 heavy (non-hydrogen) atoms. The van der Waals surface area contributed by atoms with Crippen molar-refractivity contribution in [3.05, 3.63) is 30.3 Å². The van der Waals surface area contributed by atoms with Crippen LogP contribution in [0, 0.1) is 5.92 Å². The quantitative estimate of drug-likeness (QED) is 0.755. The van der Waals surface area contributed by atoms with Gasteiger partial charge in [0.05, 0.1) is 18.6 Å². The molecule has 2 unspecified atom stereocenters. The van der Waals surface area contributed by atoms with E-state index in [2.05, 4.69) is 5.32 Å². The average molecular weight is 265 g/mol. The maximum atomic E-state index is 10.9. The van der Waals surface area contributed by atoms with E-state index in [1.165, 1.54) is 0 Å². The molecule has 0 saturated carbocycles. The highest BCUT2D eigenvalue weighted by molar-refractivity contribution is 5.70. The monoisotopic (exact) mass is 265 g/mol. The Morgan fingerprint density at radius 1 is 1.26 bits per heavy atom. The maximum Gasteiger partial charge on any atom is 0.307 e. The Bertz CT molecular complexity index is 396. The van der Waals surface area contributed by atoms with E-state index >= 15 is 0 Å². The molecule has 0 aromatic heterocycles. The molecule has 1 aromatic rings. The second kappa shape index (κ2) is 7.11. The molecule has 2 N–H and O–H groups in total. The Morgan fingerprint density at radius 3 is 2.79 bits per heavy atom. The van der Waals surface area contributed by atoms with Gasteiger partial charge >= 0.3 is 5.97 Å². The van der Waals surface area contributed by atoms with Crippen LogP contribution in [-0.2, 0) is 9.53 Å². The molecule has 1 heterocycles. The zero-order valence-corrected chi connectivity index (χ0v) is 10.7. The van der Waals surface area contributed by atoms with Crippen LogP contribution in [-0.4, -0.2) is 43.5 Å². The predicted molar refractivity (Wildman–Crippen MR) is 70.3 cm³/mol. The summed E-state index contributed by atoms with van der Waals surface area (Å²) in [5.41, 5.74) is 0. The first-order chi connectivity index (χ1) is 9.25. The lowest BCUT2D eigenvalue weighted by molar-refractivity contribution is -0.144. The number of rotatable bonds is 6. The molecule has 5 nitrogen and oxygen atoms in total. The van der Waals surface area contributed by atoms with Gasteiger partial charge in [-0.05, 0) is 18.6 Å². The highest BCUT2D eigenvalue weighted by Crippen LogP contribution is 2.14. The summed E-state index contributed by atoms with van der Waals surface area (Å²) in [6.07, 6.45) is 0.516. The average Bonchev–Trinajstić information content (AvgIpc) is 2.45. The van der Waals surface area contributed by atoms with Crippen molar-refractivity contribution in [3.8, 4) is 5.75 Å². The Balaban J connectivity index is 1.64. The van der Waals surface area contributed by atoms with Crippen LogP contribution < -0.4 is 10.1 Å². The van der Waals surface area contributed by atoms with Crippen LogP contribution in [0.4, 0.5) is 0 Å². The van der Waals surface area contributed by atoms with Crippen LogP contribution in [0.2, 0.25) is 0 Å². The van der Waals surface area contributed by atoms with E-state index in [1.807, 2.05) is 30.3 Å². The number of para-hydroxylation sites is 1. The van der Waals surface area contributed by atoms with Crippen LogP contribution in [0.3, 0.4) is 0 Å². The fourth-order valence-electron chi connectivity index (χ4n) is 2.11. The molecule has 5 heteroatoms. The van der Waals surface area contributed by atoms with Gasteiger partial charge in [0, 0.05) is 13.1 Å². The maximum absolute atomic E-state index is 10.9. The number of carboxylic acid groups (broad SMARTS) is 1. The van der Waals surface area contributed by atoms with E-state index in [1.54, 1.807) is 0 Å². The Hall–Kier alpha value is -1.59. The molecular weight excluding hydrogens is 246 g/mol. The molecule has 2 atom stereocenters. The number of nitrogens with one attached hydrogen (secondary N) is 1. The first-order valence-electron chi connectivity index (χ1n) is 6.48. The van der Waals surface area contributed by atoms with Crippen LogP contribution in [0.5, 0.6) is 5.75 Å². The van der Waals surface area contributed by atoms with Gasteiger partial charge in [0.2, 0.25) is 0 Å². The summed E-state index contributed by atoms with van der Waals surface area (Å²) in [4.78, 5) is 10.9. The number of carboxylic acids is 1. The summed E-state index contributed by atoms with van der Waals surface area (Å²) in [6, 6.07) is 9.55. The second-order valence-corrected chi connectivity index (χ2v) is 4.58. The van der Waals surface area contributed by atoms with Crippen LogP contribution in [0.1, 0.15) is 6.42 Å². The third-order valence-electron chi connectivity index (χ3n) is 3.11. The van der Waals surface area contributed by atoms with Crippen molar-refractivity contribution in [2.24, 2.45) is 5.92 Å². The van der Waals surface area contributed by atoms with Crippen molar-refractivity contribution in [2.45, 2.75) is 12.5 Å². The molecule has 1 saturated heterocycles. The number of carbonyl (C=O) groups is 1. The number of hydrogen-bond donors (Lipinski definition) is 2. The molecule has 0 bridgehead atoms. The fraction of sp³-hybridized carbons (Fsp3) is 0.500. The third kappa shape index (κ3) is 4.54. The number of ether oxygens (including phenoxy) is 2. The molecule has 2 rings (SSSR count). The van der Waals surface area contributed by atoms with Gasteiger partial charge in [0.1, 0.15) is 12.4 Å². The fourth-order valence-corrected chi connectivity index (χ4v) is 2.11. The Labute approximate surface area is 112 Å². The Morgan fingerprint density at radius 2 is 2.05 bits per heavy atom. The van der Waals surface area contributed by atoms with E-state index in [0.717, 1.165) is 5.75 Å². The van der Waals surface area contributed by atoms with E-state index in [-0.39, 0.29) is 12.0 Å². The topological polar surface area (TPSA) is 67.8 Å². The molecule has 1 aliphatic rings. The van der Waals surface area contributed by atoms with Gasteiger partial charge < -0.3 is 19.9 Å². The first-order valence-corrected chi connectivity index (χ1v) is 6.48. The van der Waals surface area contributed by atoms with E-state index in [4.69, 9.17) is 14.6 Å². The summed E-state index contributed by atoms with van der Waals surface area (Å²) in [5.74, 6) is -0.300. The molecule has 104 valence electrons. The van der Waals surface area contributed by atoms with Gasteiger partial charge in [0.25, 0.3) is 0 Å². The number of aliphatic carboxylic acids is 1. The second-order valence-electron chi connectivity index (χ2n) is 4.58. The molecule has 1 fully saturated rings. The predicted octanol–water partition coefficient (Wildman–Crippen LogP) is 1.14. The molecule has 0 amide bonds. The lowest BCUT2D eigenvalue weighted by Crippen LogP contribution is -2.43. The Kier molecular flexibility index (Phi) is 5.18. The molecule has 1 aromatic carbocycles. The molecule has 1 aliphatic heterocycles. The number of benzene rings is 1. The van der Waals surface area contributed by atoms with Crippen molar-refractivity contribution in [3.63, 3.8) is 0 Å². The molecular formula is C14H19NO4. The summed E-state index contributed by atoms with van der Waals surface area (Å²) < 4.78 is 11.1. The number of hydrogen-bond acceptors (Lipinski definition) is 4. The largest absolute Gasteiger partial charge is 0.491 e. The molecule has 0 aliphatic carbocycles. The van der Waals surface area contributed by atoms with Crippen molar-refractivity contribution < 1.29 is 19.4 Å². The van der Waals surface area contributed by atoms with Gasteiger partial charge in [-0.25, -0.2) is 0 Å². The van der Waals surface area contributed by atoms with Crippen molar-refractivity contribution in [1.82, 2.24) is 5.32 Å². The van der Waals surface area contributed by atoms with E-state index in [0.29, 0.717) is 32.7 Å². The minimum absolute atomic E-state index is 0.0470. The van der Waals surface area contributed by atoms with Crippen molar-refractivity contribution in [1.29, 1.82) is 0 Å². The normalized spacial score (nSPS) is 22.9. The van der Waals surface area contributed by atoms with E-state index < -0.39 is 5.97 Å².